The van der Waals surface area contributed by atoms with E-state index < -0.39 is 6.10 Å². The SMILES string of the molecule is CCOC(=O)CC(O)CNCC(C(C)C)C(C)C. The molecule has 0 spiro atoms. The number of aliphatic hydroxyl groups is 1. The van der Waals surface area contributed by atoms with Crippen LogP contribution < -0.4 is 5.32 Å². The number of carbonyl (C=O) groups is 1. The van der Waals surface area contributed by atoms with Crippen molar-refractivity contribution in [2.75, 3.05) is 19.7 Å². The molecular formula is C14H29NO3. The molecule has 4 heteroatoms. The Bertz CT molecular complexity index is 221. The van der Waals surface area contributed by atoms with Gasteiger partial charge in [-0.3, -0.25) is 4.79 Å². The predicted octanol–water partition coefficient (Wildman–Crippen LogP) is 1.82. The number of hydrogen-bond acceptors (Lipinski definition) is 4. The van der Waals surface area contributed by atoms with E-state index in [1.165, 1.54) is 0 Å². The molecule has 0 rings (SSSR count). The van der Waals surface area contributed by atoms with E-state index in [1.807, 2.05) is 0 Å². The number of nitrogens with one attached hydrogen (secondary N) is 1. The van der Waals surface area contributed by atoms with E-state index in [0.29, 0.717) is 30.9 Å². The van der Waals surface area contributed by atoms with Crippen molar-refractivity contribution in [3.05, 3.63) is 0 Å². The first-order chi connectivity index (χ1) is 8.38. The van der Waals surface area contributed by atoms with Crippen LogP contribution in [0.1, 0.15) is 41.0 Å². The average Bonchev–Trinajstić information content (AvgIpc) is 2.23. The molecule has 0 radical (unpaired) electrons. The molecular weight excluding hydrogens is 230 g/mol. The first kappa shape index (κ1) is 17.4. The lowest BCUT2D eigenvalue weighted by Crippen LogP contribution is -2.35. The van der Waals surface area contributed by atoms with Crippen LogP contribution in [0.2, 0.25) is 0 Å². The highest BCUT2D eigenvalue weighted by Gasteiger charge is 2.18. The summed E-state index contributed by atoms with van der Waals surface area (Å²) in [5, 5.41) is 12.9. The number of aliphatic hydroxyl groups excluding tert-OH is 1. The van der Waals surface area contributed by atoms with E-state index >= 15 is 0 Å². The van der Waals surface area contributed by atoms with Crippen molar-refractivity contribution in [3.63, 3.8) is 0 Å². The zero-order valence-corrected chi connectivity index (χ0v) is 12.4. The standard InChI is InChI=1S/C14H29NO3/c1-6-18-14(17)7-12(16)8-15-9-13(10(2)3)11(4)5/h10-13,15-16H,6-9H2,1-5H3. The molecule has 0 saturated heterocycles. The second kappa shape index (κ2) is 9.34. The number of esters is 1. The Labute approximate surface area is 111 Å². The van der Waals surface area contributed by atoms with Gasteiger partial charge in [-0.1, -0.05) is 27.7 Å². The van der Waals surface area contributed by atoms with Gasteiger partial charge in [0, 0.05) is 6.54 Å². The fourth-order valence-electron chi connectivity index (χ4n) is 2.14. The zero-order chi connectivity index (χ0) is 14.1. The van der Waals surface area contributed by atoms with Crippen molar-refractivity contribution < 1.29 is 14.6 Å². The van der Waals surface area contributed by atoms with Gasteiger partial charge in [0.2, 0.25) is 0 Å². The smallest absolute Gasteiger partial charge is 0.308 e. The molecule has 0 aromatic rings. The first-order valence-corrected chi connectivity index (χ1v) is 6.92. The third kappa shape index (κ3) is 7.67. The normalized spacial score (nSPS) is 13.4. The molecule has 0 saturated carbocycles. The minimum atomic E-state index is -0.663. The van der Waals surface area contributed by atoms with E-state index in [-0.39, 0.29) is 12.4 Å². The molecule has 4 nitrogen and oxygen atoms in total. The van der Waals surface area contributed by atoms with Gasteiger partial charge in [-0.25, -0.2) is 0 Å². The van der Waals surface area contributed by atoms with Crippen molar-refractivity contribution >= 4 is 5.97 Å². The number of carbonyl (C=O) groups excluding carboxylic acids is 1. The monoisotopic (exact) mass is 259 g/mol. The Morgan fingerprint density at radius 1 is 1.17 bits per heavy atom. The van der Waals surface area contributed by atoms with E-state index in [9.17, 15) is 9.90 Å². The fraction of sp³-hybridized carbons (Fsp3) is 0.929. The lowest BCUT2D eigenvalue weighted by atomic mass is 9.85. The average molecular weight is 259 g/mol. The first-order valence-electron chi connectivity index (χ1n) is 6.92. The summed E-state index contributed by atoms with van der Waals surface area (Å²) in [7, 11) is 0. The Kier molecular flexibility index (Phi) is 9.02. The lowest BCUT2D eigenvalue weighted by molar-refractivity contribution is -0.145. The molecule has 0 aliphatic heterocycles. The maximum atomic E-state index is 11.2. The summed E-state index contributed by atoms with van der Waals surface area (Å²) >= 11 is 0. The van der Waals surface area contributed by atoms with Crippen molar-refractivity contribution in [1.29, 1.82) is 0 Å². The second-order valence-corrected chi connectivity index (χ2v) is 5.47. The summed E-state index contributed by atoms with van der Waals surface area (Å²) in [6.07, 6.45) is -0.599. The molecule has 18 heavy (non-hydrogen) atoms. The zero-order valence-electron chi connectivity index (χ0n) is 12.4. The van der Waals surface area contributed by atoms with Crippen LogP contribution in [0.15, 0.2) is 0 Å². The minimum absolute atomic E-state index is 0.0643. The Morgan fingerprint density at radius 2 is 1.72 bits per heavy atom. The summed E-state index contributed by atoms with van der Waals surface area (Å²) < 4.78 is 4.79. The Balaban J connectivity index is 3.85. The van der Waals surface area contributed by atoms with Crippen molar-refractivity contribution in [2.24, 2.45) is 17.8 Å². The Hall–Kier alpha value is -0.610. The van der Waals surface area contributed by atoms with Crippen molar-refractivity contribution in [3.8, 4) is 0 Å². The molecule has 0 aliphatic rings. The number of rotatable bonds is 9. The predicted molar refractivity (Wildman–Crippen MR) is 73.3 cm³/mol. The van der Waals surface area contributed by atoms with Gasteiger partial charge >= 0.3 is 5.97 Å². The van der Waals surface area contributed by atoms with E-state index in [2.05, 4.69) is 33.0 Å². The van der Waals surface area contributed by atoms with Crippen LogP contribution in [0.4, 0.5) is 0 Å². The van der Waals surface area contributed by atoms with E-state index in [4.69, 9.17) is 4.74 Å². The van der Waals surface area contributed by atoms with Crippen LogP contribution in [0.3, 0.4) is 0 Å². The summed E-state index contributed by atoms with van der Waals surface area (Å²) in [5.74, 6) is 1.47. The summed E-state index contributed by atoms with van der Waals surface area (Å²) in [4.78, 5) is 11.2. The maximum absolute atomic E-state index is 11.2. The van der Waals surface area contributed by atoms with Crippen LogP contribution in [0.5, 0.6) is 0 Å². The van der Waals surface area contributed by atoms with Crippen LogP contribution in [-0.4, -0.2) is 36.9 Å². The van der Waals surface area contributed by atoms with Crippen molar-refractivity contribution in [1.82, 2.24) is 5.32 Å². The molecule has 2 N–H and O–H groups in total. The number of hydrogen-bond donors (Lipinski definition) is 2. The van der Waals surface area contributed by atoms with Gasteiger partial charge in [-0.2, -0.15) is 0 Å². The van der Waals surface area contributed by atoms with Gasteiger partial charge in [-0.05, 0) is 31.2 Å². The third-order valence-electron chi connectivity index (χ3n) is 3.18. The highest BCUT2D eigenvalue weighted by molar-refractivity contribution is 5.69. The Morgan fingerprint density at radius 3 is 2.17 bits per heavy atom. The van der Waals surface area contributed by atoms with Crippen LogP contribution in [-0.2, 0) is 9.53 Å². The molecule has 0 amide bonds. The molecule has 1 atom stereocenters. The lowest BCUT2D eigenvalue weighted by Gasteiger charge is -2.25. The third-order valence-corrected chi connectivity index (χ3v) is 3.18. The summed E-state index contributed by atoms with van der Waals surface area (Å²) in [5.41, 5.74) is 0. The highest BCUT2D eigenvalue weighted by Crippen LogP contribution is 2.19. The summed E-state index contributed by atoms with van der Waals surface area (Å²) in [6.45, 7) is 12.3. The molecule has 0 heterocycles. The van der Waals surface area contributed by atoms with Gasteiger partial charge in [-0.15, -0.1) is 0 Å². The van der Waals surface area contributed by atoms with Gasteiger partial charge < -0.3 is 15.2 Å². The van der Waals surface area contributed by atoms with Crippen LogP contribution in [0, 0.1) is 17.8 Å². The molecule has 1 unspecified atom stereocenters. The maximum Gasteiger partial charge on any atom is 0.308 e. The van der Waals surface area contributed by atoms with Crippen LogP contribution >= 0.6 is 0 Å². The highest BCUT2D eigenvalue weighted by atomic mass is 16.5. The molecule has 0 fully saturated rings. The molecule has 0 bridgehead atoms. The summed E-state index contributed by atoms with van der Waals surface area (Å²) in [6, 6.07) is 0. The van der Waals surface area contributed by atoms with E-state index in [0.717, 1.165) is 6.54 Å². The largest absolute Gasteiger partial charge is 0.466 e. The van der Waals surface area contributed by atoms with Gasteiger partial charge in [0.05, 0.1) is 19.1 Å². The number of ether oxygens (including phenoxy) is 1. The van der Waals surface area contributed by atoms with Gasteiger partial charge in [0.1, 0.15) is 0 Å². The van der Waals surface area contributed by atoms with Gasteiger partial charge in [0.15, 0.2) is 0 Å². The van der Waals surface area contributed by atoms with Crippen LogP contribution in [0.25, 0.3) is 0 Å². The fourth-order valence-corrected chi connectivity index (χ4v) is 2.14. The quantitative estimate of drug-likeness (QED) is 0.620. The molecule has 0 aromatic carbocycles. The second-order valence-electron chi connectivity index (χ2n) is 5.47. The molecule has 108 valence electrons. The molecule has 0 aliphatic carbocycles. The van der Waals surface area contributed by atoms with Crippen molar-refractivity contribution in [2.45, 2.75) is 47.1 Å². The van der Waals surface area contributed by atoms with E-state index in [1.54, 1.807) is 6.92 Å². The topological polar surface area (TPSA) is 58.6 Å². The molecule has 0 aromatic heterocycles. The minimum Gasteiger partial charge on any atom is -0.466 e. The van der Waals surface area contributed by atoms with Gasteiger partial charge in [0.25, 0.3) is 0 Å².